The molecule has 12 heteroatoms. The van der Waals surface area contributed by atoms with Crippen molar-refractivity contribution in [1.29, 1.82) is 0 Å². The Labute approximate surface area is 336 Å². The number of hydrogen-bond donors (Lipinski definition) is 0. The molecule has 0 heterocycles. The zero-order chi connectivity index (χ0) is 43.1. The second kappa shape index (κ2) is 20.9. The van der Waals surface area contributed by atoms with Crippen LogP contribution in [0, 0.1) is 0 Å². The van der Waals surface area contributed by atoms with E-state index in [1.165, 1.54) is 88.4 Å². The molecule has 0 aliphatic carbocycles. The van der Waals surface area contributed by atoms with Gasteiger partial charge in [-0.15, -0.1) is 0 Å². The molecule has 0 aliphatic heterocycles. The maximum Gasteiger partial charge on any atom is 0.338 e. The molecule has 0 amide bonds. The van der Waals surface area contributed by atoms with Gasteiger partial charge in [0.05, 0.1) is 0 Å². The normalized spacial score (nSPS) is 11.0. The van der Waals surface area contributed by atoms with E-state index in [-0.39, 0.29) is 67.9 Å². The van der Waals surface area contributed by atoms with E-state index in [0.717, 1.165) is 0 Å². The van der Waals surface area contributed by atoms with Crippen LogP contribution in [0.5, 0.6) is 34.5 Å². The molecule has 0 fully saturated rings. The second-order valence-electron chi connectivity index (χ2n) is 12.5. The third-order valence-corrected chi connectivity index (χ3v) is 7.22. The average molecular weight is 787 g/mol. The van der Waals surface area contributed by atoms with Gasteiger partial charge in [0.15, 0.2) is 23.0 Å². The van der Waals surface area contributed by atoms with Gasteiger partial charge in [-0.3, -0.25) is 0 Å². The van der Waals surface area contributed by atoms with Gasteiger partial charge in [-0.2, -0.15) is 0 Å². The predicted molar refractivity (Wildman–Crippen MR) is 220 cm³/mol. The van der Waals surface area contributed by atoms with E-state index >= 15 is 0 Å². The van der Waals surface area contributed by atoms with Crippen molar-refractivity contribution in [3.8, 4) is 34.5 Å². The summed E-state index contributed by atoms with van der Waals surface area (Å²) in [5.74, 6) is -4.50. The molecule has 3 rings (SSSR count). The van der Waals surface area contributed by atoms with Crippen LogP contribution in [-0.2, 0) is 28.8 Å². The SMILES string of the molecule is C=C(C)C(=O)Oc1ccc(/C=C/c2cc(OC(=O)/C=C/C)c(/C=C/c3ccc(OC(=O)C(=C)C)c(OC(=O)C(=C)C)c3)cc2OC(=O)/C=C/C)cc1OC(=O)C(=C)C. The quantitative estimate of drug-likeness (QED) is 0.0589. The average Bonchev–Trinajstić information content (AvgIpc) is 3.15. The minimum absolute atomic E-state index is 0.0429. The first-order valence-corrected chi connectivity index (χ1v) is 17.4. The van der Waals surface area contributed by atoms with Crippen molar-refractivity contribution < 1.29 is 57.2 Å². The highest BCUT2D eigenvalue weighted by Crippen LogP contribution is 2.36. The summed E-state index contributed by atoms with van der Waals surface area (Å²) in [6, 6.07) is 11.8. The number of carbonyl (C=O) groups is 6. The number of ether oxygens (including phenoxy) is 6. The Morgan fingerprint density at radius 3 is 1.02 bits per heavy atom. The van der Waals surface area contributed by atoms with Crippen LogP contribution in [0.25, 0.3) is 24.3 Å². The summed E-state index contributed by atoms with van der Waals surface area (Å²) in [5.41, 5.74) is 1.95. The number of hydrogen-bond acceptors (Lipinski definition) is 12. The number of rotatable bonds is 16. The first kappa shape index (κ1) is 44.8. The van der Waals surface area contributed by atoms with E-state index in [0.29, 0.717) is 11.1 Å². The fourth-order valence-electron chi connectivity index (χ4n) is 4.29. The highest BCUT2D eigenvalue weighted by atomic mass is 16.6. The molecular weight excluding hydrogens is 744 g/mol. The number of carbonyl (C=O) groups excluding carboxylic acids is 6. The Hall–Kier alpha value is -7.60. The second-order valence-corrected chi connectivity index (χ2v) is 12.5. The van der Waals surface area contributed by atoms with Crippen molar-refractivity contribution in [2.45, 2.75) is 41.5 Å². The van der Waals surface area contributed by atoms with Crippen molar-refractivity contribution >= 4 is 60.1 Å². The summed E-state index contributed by atoms with van der Waals surface area (Å²) < 4.78 is 33.0. The minimum Gasteiger partial charge on any atom is -0.423 e. The monoisotopic (exact) mass is 786 g/mol. The number of allylic oxidation sites excluding steroid dienone is 2. The lowest BCUT2D eigenvalue weighted by Crippen LogP contribution is -2.12. The summed E-state index contributed by atoms with van der Waals surface area (Å²) in [7, 11) is 0. The zero-order valence-electron chi connectivity index (χ0n) is 33.0. The molecule has 58 heavy (non-hydrogen) atoms. The molecule has 0 bridgehead atoms. The van der Waals surface area contributed by atoms with E-state index in [1.807, 2.05) is 0 Å². The van der Waals surface area contributed by atoms with Crippen LogP contribution >= 0.6 is 0 Å². The highest BCUT2D eigenvalue weighted by molar-refractivity contribution is 5.93. The summed E-state index contributed by atoms with van der Waals surface area (Å²) in [5, 5.41) is 0. The number of benzene rings is 3. The van der Waals surface area contributed by atoms with E-state index in [2.05, 4.69) is 26.3 Å². The van der Waals surface area contributed by atoms with Gasteiger partial charge in [-0.1, -0.05) is 74.9 Å². The summed E-state index contributed by atoms with van der Waals surface area (Å²) >= 11 is 0. The highest BCUT2D eigenvalue weighted by Gasteiger charge is 2.19. The van der Waals surface area contributed by atoms with Crippen molar-refractivity contribution in [1.82, 2.24) is 0 Å². The smallest absolute Gasteiger partial charge is 0.338 e. The van der Waals surface area contributed by atoms with Gasteiger partial charge in [0.1, 0.15) is 11.5 Å². The van der Waals surface area contributed by atoms with Crippen molar-refractivity contribution in [3.63, 3.8) is 0 Å². The van der Waals surface area contributed by atoms with Gasteiger partial charge in [-0.05, 0) is 89.1 Å². The Bertz CT molecular complexity index is 2170. The van der Waals surface area contributed by atoms with Crippen LogP contribution in [0.15, 0.2) is 121 Å². The molecule has 0 radical (unpaired) electrons. The van der Waals surface area contributed by atoms with Crippen LogP contribution in [0.4, 0.5) is 0 Å². The summed E-state index contributed by atoms with van der Waals surface area (Å²) in [4.78, 5) is 74.9. The molecule has 0 saturated heterocycles. The van der Waals surface area contributed by atoms with Gasteiger partial charge < -0.3 is 28.4 Å². The molecular formula is C46H42O12. The lowest BCUT2D eigenvalue weighted by atomic mass is 10.0. The molecule has 0 unspecified atom stereocenters. The molecule has 0 spiro atoms. The molecule has 3 aromatic rings. The predicted octanol–water partition coefficient (Wildman–Crippen LogP) is 8.92. The molecule has 12 nitrogen and oxygen atoms in total. The molecule has 3 aromatic carbocycles. The van der Waals surface area contributed by atoms with Gasteiger partial charge >= 0.3 is 35.8 Å². The third kappa shape index (κ3) is 13.3. The molecule has 0 aromatic heterocycles. The lowest BCUT2D eigenvalue weighted by molar-refractivity contribution is -0.132. The van der Waals surface area contributed by atoms with E-state index < -0.39 is 35.8 Å². The van der Waals surface area contributed by atoms with Gasteiger partial charge in [0.2, 0.25) is 0 Å². The largest absolute Gasteiger partial charge is 0.423 e. The fraction of sp³-hybridized carbons (Fsp3) is 0.130. The molecule has 0 saturated carbocycles. The van der Waals surface area contributed by atoms with Crippen molar-refractivity contribution in [2.24, 2.45) is 0 Å². The standard InChI is InChI=1S/C46H42O12/c1-11-13-41(47)53-37-25-34(20-16-32-18-22-36(56-44(50)28(5)6)40(24-32)58-46(52)30(9)10)38(54-42(48)14-12-2)26-33(37)19-15-31-17-21-35(55-43(49)27(3)4)39(23-31)57-45(51)29(7)8/h11-26H,3,5,7,9H2,1-2,4,6,8,10H3/b13-11+,14-12+,19-15+,20-16+. The minimum atomic E-state index is -0.755. The third-order valence-electron chi connectivity index (χ3n) is 7.22. The van der Waals surface area contributed by atoms with Gasteiger partial charge in [-0.25, -0.2) is 28.8 Å². The van der Waals surface area contributed by atoms with Crippen LogP contribution < -0.4 is 28.4 Å². The first-order chi connectivity index (χ1) is 27.4. The van der Waals surface area contributed by atoms with Crippen LogP contribution in [0.2, 0.25) is 0 Å². The summed E-state index contributed by atoms with van der Waals surface area (Å²) in [6.07, 6.45) is 11.7. The Morgan fingerprint density at radius 2 is 0.724 bits per heavy atom. The maximum absolute atomic E-state index is 12.7. The lowest BCUT2D eigenvalue weighted by Gasteiger charge is -2.13. The Kier molecular flexibility index (Phi) is 16.1. The fourth-order valence-corrected chi connectivity index (χ4v) is 4.29. The molecule has 0 N–H and O–H groups in total. The Morgan fingerprint density at radius 1 is 0.414 bits per heavy atom. The van der Waals surface area contributed by atoms with Crippen molar-refractivity contribution in [3.05, 3.63) is 144 Å². The zero-order valence-corrected chi connectivity index (χ0v) is 33.0. The number of esters is 6. The maximum atomic E-state index is 12.7. The van der Waals surface area contributed by atoms with Crippen molar-refractivity contribution in [2.75, 3.05) is 0 Å². The molecule has 298 valence electrons. The summed E-state index contributed by atoms with van der Waals surface area (Å²) in [6.45, 7) is 23.5. The van der Waals surface area contributed by atoms with E-state index in [9.17, 15) is 28.8 Å². The Balaban J connectivity index is 2.20. The van der Waals surface area contributed by atoms with Crippen LogP contribution in [-0.4, -0.2) is 35.8 Å². The van der Waals surface area contributed by atoms with Crippen LogP contribution in [0.1, 0.15) is 63.8 Å². The van der Waals surface area contributed by atoms with Gasteiger partial charge in [0.25, 0.3) is 0 Å². The topological polar surface area (TPSA) is 158 Å². The first-order valence-electron chi connectivity index (χ1n) is 17.4. The van der Waals surface area contributed by atoms with Gasteiger partial charge in [0, 0.05) is 45.6 Å². The van der Waals surface area contributed by atoms with E-state index in [1.54, 1.807) is 50.3 Å². The van der Waals surface area contributed by atoms with E-state index in [4.69, 9.17) is 28.4 Å². The van der Waals surface area contributed by atoms with Crippen LogP contribution in [0.3, 0.4) is 0 Å². The molecule has 0 aliphatic rings. The molecule has 0 atom stereocenters.